The summed E-state index contributed by atoms with van der Waals surface area (Å²) in [5.74, 6) is 0.710. The van der Waals surface area contributed by atoms with E-state index in [2.05, 4.69) is 27.1 Å². The van der Waals surface area contributed by atoms with Gasteiger partial charge in [-0.25, -0.2) is 9.97 Å². The fraction of sp³-hybridized carbons (Fsp3) is 0.0500. The Morgan fingerprint density at radius 2 is 1.68 bits per heavy atom. The van der Waals surface area contributed by atoms with Crippen LogP contribution in [-0.2, 0) is 6.54 Å². The van der Waals surface area contributed by atoms with Gasteiger partial charge in [0.2, 0.25) is 0 Å². The first-order valence-electron chi connectivity index (χ1n) is 8.06. The summed E-state index contributed by atoms with van der Waals surface area (Å²) >= 11 is 0. The molecular weight excluding hydrogens is 310 g/mol. The lowest BCUT2D eigenvalue weighted by atomic mass is 10.2. The molecule has 2 aromatic heterocycles. The highest BCUT2D eigenvalue weighted by Gasteiger charge is 2.08. The SMILES string of the molecule is N=c1ncn(Cc2ccccc2)c2nc(/C=C/c3ccccc3)[nH]c12. The minimum atomic E-state index is 0.200. The van der Waals surface area contributed by atoms with E-state index in [1.807, 2.05) is 65.3 Å². The minimum absolute atomic E-state index is 0.200. The summed E-state index contributed by atoms with van der Waals surface area (Å²) < 4.78 is 1.96. The molecule has 0 unspecified atom stereocenters. The number of aromatic amines is 1. The number of imidazole rings is 1. The second-order valence-corrected chi connectivity index (χ2v) is 5.77. The summed E-state index contributed by atoms with van der Waals surface area (Å²) in [4.78, 5) is 12.0. The number of benzene rings is 2. The van der Waals surface area contributed by atoms with E-state index >= 15 is 0 Å². The molecule has 0 saturated heterocycles. The molecule has 2 N–H and O–H groups in total. The van der Waals surface area contributed by atoms with E-state index < -0.39 is 0 Å². The maximum atomic E-state index is 8.03. The zero-order chi connectivity index (χ0) is 17.1. The molecule has 0 fully saturated rings. The number of hydrogen-bond acceptors (Lipinski definition) is 3. The smallest absolute Gasteiger partial charge is 0.173 e. The van der Waals surface area contributed by atoms with Crippen molar-refractivity contribution in [2.24, 2.45) is 0 Å². The van der Waals surface area contributed by atoms with E-state index in [0.29, 0.717) is 17.9 Å². The van der Waals surface area contributed by atoms with Crippen molar-refractivity contribution >= 4 is 23.3 Å². The zero-order valence-corrected chi connectivity index (χ0v) is 13.6. The van der Waals surface area contributed by atoms with Gasteiger partial charge in [0, 0.05) is 0 Å². The van der Waals surface area contributed by atoms with Gasteiger partial charge < -0.3 is 9.55 Å². The maximum absolute atomic E-state index is 8.03. The largest absolute Gasteiger partial charge is 0.334 e. The molecule has 4 rings (SSSR count). The lowest BCUT2D eigenvalue weighted by molar-refractivity contribution is 0.783. The second kappa shape index (κ2) is 6.57. The molecule has 0 aliphatic heterocycles. The van der Waals surface area contributed by atoms with E-state index in [1.165, 1.54) is 0 Å². The number of rotatable bonds is 4. The van der Waals surface area contributed by atoms with Gasteiger partial charge in [0.25, 0.3) is 0 Å². The number of nitrogens with one attached hydrogen (secondary N) is 2. The summed E-state index contributed by atoms with van der Waals surface area (Å²) in [5, 5.41) is 8.03. The van der Waals surface area contributed by atoms with Crippen molar-refractivity contribution in [2.45, 2.75) is 6.54 Å². The minimum Gasteiger partial charge on any atom is -0.334 e. The highest BCUT2D eigenvalue weighted by Crippen LogP contribution is 2.12. The summed E-state index contributed by atoms with van der Waals surface area (Å²) in [5.41, 5.74) is 3.84. The molecule has 0 spiro atoms. The molecule has 0 aliphatic carbocycles. The molecule has 0 atom stereocenters. The van der Waals surface area contributed by atoms with Crippen molar-refractivity contribution in [3.8, 4) is 0 Å². The first-order chi connectivity index (χ1) is 12.3. The quantitative estimate of drug-likeness (QED) is 0.602. The van der Waals surface area contributed by atoms with Crippen LogP contribution >= 0.6 is 0 Å². The molecule has 122 valence electrons. The van der Waals surface area contributed by atoms with E-state index in [9.17, 15) is 0 Å². The third-order valence-corrected chi connectivity index (χ3v) is 3.97. The third-order valence-electron chi connectivity index (χ3n) is 3.97. The van der Waals surface area contributed by atoms with Crippen LogP contribution in [0.1, 0.15) is 17.0 Å². The first-order valence-corrected chi connectivity index (χ1v) is 8.06. The van der Waals surface area contributed by atoms with Crippen LogP contribution in [0.4, 0.5) is 0 Å². The predicted molar refractivity (Wildman–Crippen MR) is 98.6 cm³/mol. The van der Waals surface area contributed by atoms with Crippen LogP contribution in [-0.4, -0.2) is 19.5 Å². The second-order valence-electron chi connectivity index (χ2n) is 5.77. The van der Waals surface area contributed by atoms with Crippen molar-refractivity contribution in [3.05, 3.63) is 89.4 Å². The molecule has 5 nitrogen and oxygen atoms in total. The summed E-state index contributed by atoms with van der Waals surface area (Å²) in [6, 6.07) is 20.2. The topological polar surface area (TPSA) is 70.3 Å². The predicted octanol–water partition coefficient (Wildman–Crippen LogP) is 3.46. The average Bonchev–Trinajstić information content (AvgIpc) is 3.10. The Morgan fingerprint density at radius 1 is 0.960 bits per heavy atom. The molecule has 0 amide bonds. The Kier molecular flexibility index (Phi) is 3.96. The number of fused-ring (bicyclic) bond motifs is 1. The molecule has 0 radical (unpaired) electrons. The number of H-pyrrole nitrogens is 1. The molecule has 2 aromatic carbocycles. The van der Waals surface area contributed by atoms with E-state index in [1.54, 1.807) is 6.33 Å². The molecule has 4 aromatic rings. The van der Waals surface area contributed by atoms with Crippen LogP contribution in [0, 0.1) is 5.41 Å². The lowest BCUT2D eigenvalue weighted by Gasteiger charge is -2.06. The van der Waals surface area contributed by atoms with Crippen LogP contribution < -0.4 is 5.49 Å². The Morgan fingerprint density at radius 3 is 2.44 bits per heavy atom. The van der Waals surface area contributed by atoms with Crippen molar-refractivity contribution < 1.29 is 0 Å². The van der Waals surface area contributed by atoms with Gasteiger partial charge in [-0.15, -0.1) is 0 Å². The Labute approximate surface area is 144 Å². The first kappa shape index (κ1) is 15.1. The molecule has 2 heterocycles. The Hall–Kier alpha value is -3.47. The number of hydrogen-bond donors (Lipinski definition) is 2. The zero-order valence-electron chi connectivity index (χ0n) is 13.6. The van der Waals surface area contributed by atoms with Crippen LogP contribution in [0.3, 0.4) is 0 Å². The van der Waals surface area contributed by atoms with Gasteiger partial charge >= 0.3 is 0 Å². The Bertz CT molecular complexity index is 1080. The summed E-state index contributed by atoms with van der Waals surface area (Å²) in [7, 11) is 0. The van der Waals surface area contributed by atoms with Crippen LogP contribution in [0.5, 0.6) is 0 Å². The lowest BCUT2D eigenvalue weighted by Crippen LogP contribution is -2.13. The highest BCUT2D eigenvalue weighted by molar-refractivity contribution is 5.75. The monoisotopic (exact) mass is 327 g/mol. The maximum Gasteiger partial charge on any atom is 0.173 e. The molecule has 0 saturated carbocycles. The van der Waals surface area contributed by atoms with Gasteiger partial charge in [0.15, 0.2) is 11.1 Å². The molecule has 5 heteroatoms. The summed E-state index contributed by atoms with van der Waals surface area (Å²) in [6.45, 7) is 0.664. The van der Waals surface area contributed by atoms with Gasteiger partial charge in [0.05, 0.1) is 12.9 Å². The van der Waals surface area contributed by atoms with E-state index in [4.69, 9.17) is 5.41 Å². The fourth-order valence-corrected chi connectivity index (χ4v) is 2.72. The van der Waals surface area contributed by atoms with Crippen molar-refractivity contribution in [1.29, 1.82) is 5.41 Å². The number of aromatic nitrogens is 4. The fourth-order valence-electron chi connectivity index (χ4n) is 2.72. The van der Waals surface area contributed by atoms with Crippen molar-refractivity contribution in [3.63, 3.8) is 0 Å². The van der Waals surface area contributed by atoms with Gasteiger partial charge in [-0.2, -0.15) is 0 Å². The number of nitrogens with zero attached hydrogens (tertiary/aromatic N) is 3. The van der Waals surface area contributed by atoms with Crippen LogP contribution in [0.2, 0.25) is 0 Å². The molecular formula is C20H17N5. The van der Waals surface area contributed by atoms with Gasteiger partial charge in [0.1, 0.15) is 11.3 Å². The molecule has 0 bridgehead atoms. The molecule has 25 heavy (non-hydrogen) atoms. The van der Waals surface area contributed by atoms with E-state index in [0.717, 1.165) is 16.8 Å². The van der Waals surface area contributed by atoms with Crippen molar-refractivity contribution in [1.82, 2.24) is 19.5 Å². The highest BCUT2D eigenvalue weighted by atomic mass is 15.1. The van der Waals surface area contributed by atoms with Gasteiger partial charge in [-0.1, -0.05) is 66.7 Å². The van der Waals surface area contributed by atoms with Crippen LogP contribution in [0.15, 0.2) is 67.0 Å². The van der Waals surface area contributed by atoms with Gasteiger partial charge in [-0.05, 0) is 17.2 Å². The molecule has 0 aliphatic rings. The summed E-state index contributed by atoms with van der Waals surface area (Å²) in [6.07, 6.45) is 5.58. The average molecular weight is 327 g/mol. The Balaban J connectivity index is 1.72. The third kappa shape index (κ3) is 3.26. The van der Waals surface area contributed by atoms with Crippen LogP contribution in [0.25, 0.3) is 23.3 Å². The van der Waals surface area contributed by atoms with Gasteiger partial charge in [-0.3, -0.25) is 5.41 Å². The standard InChI is InChI=1S/C20H17N5/c21-19-18-20(25(14-22-19)13-16-9-5-2-6-10-16)24-17(23-18)12-11-15-7-3-1-4-8-15/h1-12,14,21H,13H2,(H,23,24)/b12-11+,21-19?. The van der Waals surface area contributed by atoms with Crippen molar-refractivity contribution in [2.75, 3.05) is 0 Å². The normalized spacial score (nSPS) is 11.4. The van der Waals surface area contributed by atoms with E-state index in [-0.39, 0.29) is 5.49 Å².